The predicted molar refractivity (Wildman–Crippen MR) is 48.6 cm³/mol. The summed E-state index contributed by atoms with van der Waals surface area (Å²) in [6, 6.07) is 9.38. The van der Waals surface area contributed by atoms with E-state index in [0.717, 1.165) is 5.56 Å². The van der Waals surface area contributed by atoms with E-state index < -0.39 is 0 Å². The first-order valence-corrected chi connectivity index (χ1v) is 3.84. The molecule has 0 bridgehead atoms. The zero-order valence-corrected chi connectivity index (χ0v) is 7.32. The van der Waals surface area contributed by atoms with Gasteiger partial charge in [0.2, 0.25) is 6.29 Å². The molecule has 1 atom stereocenters. The lowest BCUT2D eigenvalue weighted by Crippen LogP contribution is -2.20. The molecule has 1 aromatic rings. The summed E-state index contributed by atoms with van der Waals surface area (Å²) < 4.78 is 0. The van der Waals surface area contributed by atoms with Gasteiger partial charge in [0.05, 0.1) is 0 Å². The quantitative estimate of drug-likeness (QED) is 0.669. The van der Waals surface area contributed by atoms with E-state index in [1.807, 2.05) is 55.6 Å². The van der Waals surface area contributed by atoms with Crippen molar-refractivity contribution in [2.75, 3.05) is 14.1 Å². The van der Waals surface area contributed by atoms with Gasteiger partial charge in [-0.3, -0.25) is 9.69 Å². The maximum Gasteiger partial charge on any atom is 0.221 e. The van der Waals surface area contributed by atoms with Gasteiger partial charge in [0.15, 0.2) is 0 Å². The fraction of sp³-hybridized carbons (Fsp3) is 0.300. The molecule has 0 aliphatic carbocycles. The summed E-state index contributed by atoms with van der Waals surface area (Å²) in [5.74, 6) is 0. The first kappa shape index (κ1) is 8.94. The van der Waals surface area contributed by atoms with Crippen LogP contribution in [0.3, 0.4) is 0 Å². The van der Waals surface area contributed by atoms with Gasteiger partial charge in [-0.05, 0) is 19.7 Å². The van der Waals surface area contributed by atoms with Crippen LogP contribution in [-0.4, -0.2) is 25.3 Å². The van der Waals surface area contributed by atoms with Crippen LogP contribution in [0.5, 0.6) is 0 Å². The Balaban J connectivity index is 2.88. The monoisotopic (exact) mass is 162 g/mol. The number of carbonyl (C=O) groups excluding carboxylic acids is 1. The van der Waals surface area contributed by atoms with Crippen LogP contribution in [-0.2, 0) is 4.79 Å². The van der Waals surface area contributed by atoms with Crippen LogP contribution in [0.2, 0.25) is 0 Å². The molecule has 1 rings (SSSR count). The molecule has 12 heavy (non-hydrogen) atoms. The standard InChI is InChI=1S/C10H12NO/c1-11(2)10(8-12)9-6-4-3-5-7-9/h3-7,10H,1-2H3/t10-/m0/s1. The van der Waals surface area contributed by atoms with Crippen LogP contribution in [0.4, 0.5) is 0 Å². The van der Waals surface area contributed by atoms with Gasteiger partial charge in [0.25, 0.3) is 0 Å². The molecular formula is C10H12NO. The summed E-state index contributed by atoms with van der Waals surface area (Å²) in [7, 11) is 3.73. The van der Waals surface area contributed by atoms with Crippen LogP contribution in [0.15, 0.2) is 30.3 Å². The summed E-state index contributed by atoms with van der Waals surface area (Å²) >= 11 is 0. The van der Waals surface area contributed by atoms with Crippen molar-refractivity contribution in [1.29, 1.82) is 0 Å². The zero-order chi connectivity index (χ0) is 8.97. The van der Waals surface area contributed by atoms with E-state index in [1.165, 1.54) is 0 Å². The van der Waals surface area contributed by atoms with Crippen LogP contribution in [0.1, 0.15) is 11.6 Å². The molecule has 63 valence electrons. The van der Waals surface area contributed by atoms with Gasteiger partial charge >= 0.3 is 0 Å². The molecule has 1 aromatic carbocycles. The number of hydrogen-bond acceptors (Lipinski definition) is 2. The van der Waals surface area contributed by atoms with Crippen molar-refractivity contribution in [2.24, 2.45) is 0 Å². The van der Waals surface area contributed by atoms with Crippen molar-refractivity contribution < 1.29 is 4.79 Å². The largest absolute Gasteiger partial charge is 0.296 e. The Bertz CT molecular complexity index is 243. The molecule has 0 unspecified atom stereocenters. The molecule has 2 heteroatoms. The number of hydrogen-bond donors (Lipinski definition) is 0. The molecule has 0 fully saturated rings. The molecule has 0 saturated heterocycles. The first-order chi connectivity index (χ1) is 5.75. The van der Waals surface area contributed by atoms with Gasteiger partial charge < -0.3 is 0 Å². The van der Waals surface area contributed by atoms with E-state index >= 15 is 0 Å². The smallest absolute Gasteiger partial charge is 0.221 e. The minimum absolute atomic E-state index is 0.244. The van der Waals surface area contributed by atoms with E-state index in [1.54, 1.807) is 0 Å². The Morgan fingerprint density at radius 3 is 2.25 bits per heavy atom. The Labute approximate surface area is 72.8 Å². The van der Waals surface area contributed by atoms with Crippen LogP contribution >= 0.6 is 0 Å². The van der Waals surface area contributed by atoms with E-state index in [4.69, 9.17) is 0 Å². The molecule has 0 aliphatic heterocycles. The van der Waals surface area contributed by atoms with E-state index in [-0.39, 0.29) is 6.04 Å². The number of rotatable bonds is 3. The first-order valence-electron chi connectivity index (χ1n) is 3.84. The number of nitrogens with zero attached hydrogens (tertiary/aromatic N) is 1. The lowest BCUT2D eigenvalue weighted by molar-refractivity contribution is 0.355. The zero-order valence-electron chi connectivity index (χ0n) is 7.32. The summed E-state index contributed by atoms with van der Waals surface area (Å²) in [6.45, 7) is 0. The Hall–Kier alpha value is -1.15. The van der Waals surface area contributed by atoms with Crippen molar-refractivity contribution in [3.05, 3.63) is 35.9 Å². The number of benzene rings is 1. The van der Waals surface area contributed by atoms with E-state index in [9.17, 15) is 4.79 Å². The van der Waals surface area contributed by atoms with Crippen molar-refractivity contribution in [3.8, 4) is 0 Å². The van der Waals surface area contributed by atoms with Gasteiger partial charge in [0, 0.05) is 0 Å². The molecule has 2 nitrogen and oxygen atoms in total. The van der Waals surface area contributed by atoms with E-state index in [2.05, 4.69) is 0 Å². The summed E-state index contributed by atoms with van der Waals surface area (Å²) in [4.78, 5) is 12.4. The summed E-state index contributed by atoms with van der Waals surface area (Å²) in [5, 5.41) is 0. The summed E-state index contributed by atoms with van der Waals surface area (Å²) in [6.07, 6.45) is 1.99. The van der Waals surface area contributed by atoms with Crippen molar-refractivity contribution in [1.82, 2.24) is 4.90 Å². The normalized spacial score (nSPS) is 12.9. The topological polar surface area (TPSA) is 20.3 Å². The van der Waals surface area contributed by atoms with Gasteiger partial charge in [-0.2, -0.15) is 0 Å². The highest BCUT2D eigenvalue weighted by Gasteiger charge is 2.12. The highest BCUT2D eigenvalue weighted by molar-refractivity contribution is 5.62. The lowest BCUT2D eigenvalue weighted by atomic mass is 10.1. The second-order valence-corrected chi connectivity index (χ2v) is 2.89. The predicted octanol–water partition coefficient (Wildman–Crippen LogP) is 1.40. The average Bonchev–Trinajstić information content (AvgIpc) is 2.07. The highest BCUT2D eigenvalue weighted by Crippen LogP contribution is 2.14. The average molecular weight is 162 g/mol. The maximum atomic E-state index is 10.6. The molecule has 1 radical (unpaired) electrons. The van der Waals surface area contributed by atoms with Gasteiger partial charge in [0.1, 0.15) is 6.04 Å². The Morgan fingerprint density at radius 1 is 1.25 bits per heavy atom. The molecule has 0 N–H and O–H groups in total. The Morgan fingerprint density at radius 2 is 1.83 bits per heavy atom. The Kier molecular flexibility index (Phi) is 3.00. The van der Waals surface area contributed by atoms with Gasteiger partial charge in [-0.25, -0.2) is 0 Å². The molecule has 0 spiro atoms. The van der Waals surface area contributed by atoms with Gasteiger partial charge in [-0.1, -0.05) is 30.3 Å². The minimum Gasteiger partial charge on any atom is -0.296 e. The highest BCUT2D eigenvalue weighted by atomic mass is 16.1. The van der Waals surface area contributed by atoms with Crippen LogP contribution in [0, 0.1) is 0 Å². The van der Waals surface area contributed by atoms with Crippen molar-refractivity contribution in [3.63, 3.8) is 0 Å². The third kappa shape index (κ3) is 1.92. The molecule has 0 amide bonds. The second kappa shape index (κ2) is 4.02. The molecule has 0 aromatic heterocycles. The summed E-state index contributed by atoms with van der Waals surface area (Å²) in [5.41, 5.74) is 0.984. The fourth-order valence-corrected chi connectivity index (χ4v) is 1.11. The maximum absolute atomic E-state index is 10.6. The van der Waals surface area contributed by atoms with E-state index in [0.29, 0.717) is 0 Å². The fourth-order valence-electron chi connectivity index (χ4n) is 1.11. The van der Waals surface area contributed by atoms with Crippen LogP contribution in [0.25, 0.3) is 0 Å². The second-order valence-electron chi connectivity index (χ2n) is 2.89. The molecular weight excluding hydrogens is 150 g/mol. The molecule has 0 aliphatic rings. The SMILES string of the molecule is CN(C)[C@@H]([C]=O)c1ccccc1. The molecule has 0 heterocycles. The molecule has 0 saturated carbocycles. The lowest BCUT2D eigenvalue weighted by Gasteiger charge is -2.17. The van der Waals surface area contributed by atoms with Gasteiger partial charge in [-0.15, -0.1) is 0 Å². The number of likely N-dealkylation sites (N-methyl/N-ethyl adjacent to an activating group) is 1. The van der Waals surface area contributed by atoms with Crippen molar-refractivity contribution >= 4 is 6.29 Å². The third-order valence-corrected chi connectivity index (χ3v) is 1.74. The van der Waals surface area contributed by atoms with Crippen LogP contribution < -0.4 is 0 Å². The van der Waals surface area contributed by atoms with Crippen molar-refractivity contribution in [2.45, 2.75) is 6.04 Å². The third-order valence-electron chi connectivity index (χ3n) is 1.74. The minimum atomic E-state index is -0.244.